The lowest BCUT2D eigenvalue weighted by Crippen LogP contribution is -2.03. The van der Waals surface area contributed by atoms with Gasteiger partial charge in [0.25, 0.3) is 0 Å². The van der Waals surface area contributed by atoms with Crippen LogP contribution in [0.4, 0.5) is 0 Å². The van der Waals surface area contributed by atoms with E-state index in [1.165, 1.54) is 6.20 Å². The van der Waals surface area contributed by atoms with E-state index in [1.54, 1.807) is 18.6 Å². The third-order valence-corrected chi connectivity index (χ3v) is 2.66. The van der Waals surface area contributed by atoms with Crippen molar-refractivity contribution in [3.05, 3.63) is 35.9 Å². The normalized spacial score (nSPS) is 18.1. The number of aromatic nitrogens is 2. The predicted octanol–water partition coefficient (Wildman–Crippen LogP) is 1.43. The highest BCUT2D eigenvalue weighted by Crippen LogP contribution is 2.36. The van der Waals surface area contributed by atoms with Crippen LogP contribution in [0.15, 0.2) is 24.8 Å². The Hall–Kier alpha value is -2.28. The van der Waals surface area contributed by atoms with Crippen molar-refractivity contribution in [3.63, 3.8) is 0 Å². The second-order valence-corrected chi connectivity index (χ2v) is 3.44. The molecule has 0 N–H and O–H groups in total. The molecule has 70 valence electrons. The van der Waals surface area contributed by atoms with Gasteiger partial charge in [0, 0.05) is 46.7 Å². The SMILES string of the molecule is N#CC1C(=O)c2cncc3cncc1c23. The fraction of sp³-hybridized carbons (Fsp3) is 0.0909. The monoisotopic (exact) mass is 195 g/mol. The van der Waals surface area contributed by atoms with Crippen LogP contribution in [-0.2, 0) is 0 Å². The molecule has 1 aliphatic rings. The average molecular weight is 195 g/mol. The van der Waals surface area contributed by atoms with Gasteiger partial charge in [0.05, 0.1) is 6.07 Å². The van der Waals surface area contributed by atoms with Gasteiger partial charge in [-0.2, -0.15) is 5.26 Å². The van der Waals surface area contributed by atoms with E-state index in [1.807, 2.05) is 6.07 Å². The Labute approximate surface area is 85.2 Å². The van der Waals surface area contributed by atoms with Crippen molar-refractivity contribution in [2.75, 3.05) is 0 Å². The first-order valence-corrected chi connectivity index (χ1v) is 4.48. The van der Waals surface area contributed by atoms with Crippen LogP contribution >= 0.6 is 0 Å². The van der Waals surface area contributed by atoms with E-state index in [0.29, 0.717) is 11.1 Å². The lowest BCUT2D eigenvalue weighted by Gasteiger charge is -1.98. The summed E-state index contributed by atoms with van der Waals surface area (Å²) in [4.78, 5) is 19.8. The van der Waals surface area contributed by atoms with Gasteiger partial charge in [-0.05, 0) is 0 Å². The average Bonchev–Trinajstić information content (AvgIpc) is 2.55. The summed E-state index contributed by atoms with van der Waals surface area (Å²) >= 11 is 0. The second kappa shape index (κ2) is 2.61. The molecule has 0 aliphatic heterocycles. The van der Waals surface area contributed by atoms with E-state index >= 15 is 0 Å². The molecular weight excluding hydrogens is 190 g/mol. The van der Waals surface area contributed by atoms with Crippen LogP contribution in [0.1, 0.15) is 21.8 Å². The van der Waals surface area contributed by atoms with E-state index in [4.69, 9.17) is 5.26 Å². The summed E-state index contributed by atoms with van der Waals surface area (Å²) in [5, 5.41) is 10.6. The second-order valence-electron chi connectivity index (χ2n) is 3.44. The zero-order valence-electron chi connectivity index (χ0n) is 7.64. The molecule has 4 nitrogen and oxygen atoms in total. The van der Waals surface area contributed by atoms with Crippen LogP contribution in [0, 0.1) is 11.3 Å². The van der Waals surface area contributed by atoms with Gasteiger partial charge in [-0.25, -0.2) is 0 Å². The lowest BCUT2D eigenvalue weighted by atomic mass is 10.0. The quantitative estimate of drug-likeness (QED) is 0.637. The third-order valence-electron chi connectivity index (χ3n) is 2.66. The van der Waals surface area contributed by atoms with Crippen LogP contribution in [0.2, 0.25) is 0 Å². The summed E-state index contributed by atoms with van der Waals surface area (Å²) < 4.78 is 0. The van der Waals surface area contributed by atoms with E-state index in [-0.39, 0.29) is 5.78 Å². The van der Waals surface area contributed by atoms with Crippen LogP contribution in [0.3, 0.4) is 0 Å². The fourth-order valence-corrected chi connectivity index (χ4v) is 1.99. The Morgan fingerprint density at radius 1 is 1.20 bits per heavy atom. The molecular formula is C11H5N3O. The van der Waals surface area contributed by atoms with Gasteiger partial charge in [-0.3, -0.25) is 14.8 Å². The molecule has 2 aromatic heterocycles. The number of rotatable bonds is 0. The summed E-state index contributed by atoms with van der Waals surface area (Å²) in [6.45, 7) is 0. The highest BCUT2D eigenvalue weighted by molar-refractivity contribution is 6.18. The zero-order chi connectivity index (χ0) is 10.4. The first-order chi connectivity index (χ1) is 7.33. The molecule has 0 amide bonds. The molecule has 0 spiro atoms. The minimum absolute atomic E-state index is 0.168. The van der Waals surface area contributed by atoms with Crippen LogP contribution < -0.4 is 0 Å². The predicted molar refractivity (Wildman–Crippen MR) is 52.2 cm³/mol. The summed E-state index contributed by atoms with van der Waals surface area (Å²) in [6.07, 6.45) is 6.42. The maximum atomic E-state index is 11.8. The molecule has 0 saturated carbocycles. The van der Waals surface area contributed by atoms with E-state index < -0.39 is 5.92 Å². The highest BCUT2D eigenvalue weighted by Gasteiger charge is 2.33. The first kappa shape index (κ1) is 8.06. The van der Waals surface area contributed by atoms with Crippen LogP contribution in [0.5, 0.6) is 0 Å². The Morgan fingerprint density at radius 3 is 2.67 bits per heavy atom. The molecule has 2 heterocycles. The number of Topliss-reactive ketones (excluding diaryl/α,β-unsaturated/α-hetero) is 1. The first-order valence-electron chi connectivity index (χ1n) is 4.48. The number of hydrogen-bond acceptors (Lipinski definition) is 4. The number of nitriles is 1. The molecule has 0 fully saturated rings. The van der Waals surface area contributed by atoms with Crippen LogP contribution in [-0.4, -0.2) is 15.8 Å². The van der Waals surface area contributed by atoms with Crippen molar-refractivity contribution in [2.45, 2.75) is 5.92 Å². The number of ketones is 1. The van der Waals surface area contributed by atoms with Gasteiger partial charge in [-0.15, -0.1) is 0 Å². The molecule has 1 unspecified atom stereocenters. The number of hydrogen-bond donors (Lipinski definition) is 0. The molecule has 1 atom stereocenters. The Morgan fingerprint density at radius 2 is 1.93 bits per heavy atom. The van der Waals surface area contributed by atoms with Crippen molar-refractivity contribution < 1.29 is 4.79 Å². The maximum absolute atomic E-state index is 11.8. The summed E-state index contributed by atoms with van der Waals surface area (Å²) in [5.74, 6) is -0.876. The van der Waals surface area contributed by atoms with Crippen molar-refractivity contribution in [3.8, 4) is 6.07 Å². The molecule has 2 aromatic rings. The van der Waals surface area contributed by atoms with Crippen molar-refractivity contribution in [1.82, 2.24) is 9.97 Å². The topological polar surface area (TPSA) is 66.6 Å². The Balaban J connectivity index is 2.51. The molecule has 0 aromatic carbocycles. The molecule has 15 heavy (non-hydrogen) atoms. The lowest BCUT2D eigenvalue weighted by molar-refractivity contribution is 0.0986. The third kappa shape index (κ3) is 0.868. The van der Waals surface area contributed by atoms with Gasteiger partial charge < -0.3 is 0 Å². The van der Waals surface area contributed by atoms with Gasteiger partial charge in [0.1, 0.15) is 5.92 Å². The van der Waals surface area contributed by atoms with Gasteiger partial charge in [0.15, 0.2) is 5.78 Å². The number of carbonyl (C=O) groups excluding carboxylic acids is 1. The van der Waals surface area contributed by atoms with E-state index in [2.05, 4.69) is 9.97 Å². The molecule has 4 heteroatoms. The number of carbonyl (C=O) groups is 1. The van der Waals surface area contributed by atoms with Gasteiger partial charge in [0.2, 0.25) is 0 Å². The van der Waals surface area contributed by atoms with Crippen LogP contribution in [0.25, 0.3) is 10.8 Å². The van der Waals surface area contributed by atoms with E-state index in [0.717, 1.165) is 10.8 Å². The van der Waals surface area contributed by atoms with Gasteiger partial charge >= 0.3 is 0 Å². The van der Waals surface area contributed by atoms with Crippen molar-refractivity contribution in [1.29, 1.82) is 5.26 Å². The molecule has 0 radical (unpaired) electrons. The largest absolute Gasteiger partial charge is 0.292 e. The Bertz CT molecular complexity index is 622. The van der Waals surface area contributed by atoms with Gasteiger partial charge in [-0.1, -0.05) is 0 Å². The minimum atomic E-state index is -0.708. The smallest absolute Gasteiger partial charge is 0.186 e. The summed E-state index contributed by atoms with van der Waals surface area (Å²) in [7, 11) is 0. The van der Waals surface area contributed by atoms with E-state index in [9.17, 15) is 4.79 Å². The summed E-state index contributed by atoms with van der Waals surface area (Å²) in [6, 6.07) is 2.00. The molecule has 0 bridgehead atoms. The Kier molecular flexibility index (Phi) is 1.40. The zero-order valence-corrected chi connectivity index (χ0v) is 7.64. The maximum Gasteiger partial charge on any atom is 0.186 e. The number of pyridine rings is 2. The minimum Gasteiger partial charge on any atom is -0.292 e. The van der Waals surface area contributed by atoms with Crippen molar-refractivity contribution >= 4 is 16.6 Å². The molecule has 0 saturated heterocycles. The molecule has 1 aliphatic carbocycles. The number of nitrogens with zero attached hydrogens (tertiary/aromatic N) is 3. The molecule has 3 rings (SSSR count). The van der Waals surface area contributed by atoms with Crippen molar-refractivity contribution in [2.24, 2.45) is 0 Å². The summed E-state index contributed by atoms with van der Waals surface area (Å²) in [5.41, 5.74) is 1.24. The fourth-order valence-electron chi connectivity index (χ4n) is 1.99. The standard InChI is InChI=1S/C11H5N3O/c12-1-7-8-4-13-2-6-3-14-5-9(10(6)8)11(7)15/h2-5,7H. The highest BCUT2D eigenvalue weighted by atomic mass is 16.1.